The average Bonchev–Trinajstić information content (AvgIpc) is 3.29. The van der Waals surface area contributed by atoms with Gasteiger partial charge < -0.3 is 9.80 Å². The van der Waals surface area contributed by atoms with Gasteiger partial charge in [-0.1, -0.05) is 78.4 Å². The number of amides is 2. The van der Waals surface area contributed by atoms with Crippen LogP contribution in [-0.2, 0) is 16.9 Å². The van der Waals surface area contributed by atoms with Gasteiger partial charge in [-0.15, -0.1) is 0 Å². The lowest BCUT2D eigenvalue weighted by atomic mass is 9.89. The molecule has 2 aliphatic rings. The minimum absolute atomic E-state index is 0.00420. The summed E-state index contributed by atoms with van der Waals surface area (Å²) in [4.78, 5) is 30.6. The maximum atomic E-state index is 13.5. The fourth-order valence-electron chi connectivity index (χ4n) is 4.92. The van der Waals surface area contributed by atoms with Crippen molar-refractivity contribution in [3.8, 4) is 0 Å². The van der Waals surface area contributed by atoms with E-state index in [1.807, 2.05) is 71.3 Å². The molecule has 2 amide bonds. The van der Waals surface area contributed by atoms with E-state index in [1.54, 1.807) is 0 Å². The predicted octanol–water partition coefficient (Wildman–Crippen LogP) is 4.13. The van der Waals surface area contributed by atoms with Crippen LogP contribution in [0.25, 0.3) is 0 Å². The first-order valence-electron chi connectivity index (χ1n) is 10.5. The molecule has 150 valence electrons. The molecule has 3 aromatic carbocycles. The van der Waals surface area contributed by atoms with Crippen molar-refractivity contribution in [2.75, 3.05) is 13.1 Å². The van der Waals surface area contributed by atoms with E-state index in [1.165, 1.54) is 0 Å². The van der Waals surface area contributed by atoms with Crippen molar-refractivity contribution in [1.82, 2.24) is 9.80 Å². The van der Waals surface area contributed by atoms with Crippen LogP contribution in [0.4, 0.5) is 0 Å². The van der Waals surface area contributed by atoms with Crippen molar-refractivity contribution in [2.24, 2.45) is 0 Å². The highest BCUT2D eigenvalue weighted by Crippen LogP contribution is 2.49. The first-order valence-corrected chi connectivity index (χ1v) is 10.5. The van der Waals surface area contributed by atoms with Gasteiger partial charge >= 0.3 is 0 Å². The Morgan fingerprint density at radius 3 is 2.37 bits per heavy atom. The normalized spacial score (nSPS) is 19.7. The van der Waals surface area contributed by atoms with Gasteiger partial charge in [0.25, 0.3) is 5.91 Å². The largest absolute Gasteiger partial charge is 0.310 e. The maximum Gasteiger partial charge on any atom is 0.256 e. The van der Waals surface area contributed by atoms with Crippen LogP contribution in [0.3, 0.4) is 0 Å². The molecule has 2 aliphatic heterocycles. The first-order chi connectivity index (χ1) is 14.6. The van der Waals surface area contributed by atoms with Gasteiger partial charge in [0, 0.05) is 36.2 Å². The lowest BCUT2D eigenvalue weighted by molar-refractivity contribution is -0.136. The van der Waals surface area contributed by atoms with Crippen LogP contribution in [-0.4, -0.2) is 34.7 Å². The minimum atomic E-state index is -0.852. The summed E-state index contributed by atoms with van der Waals surface area (Å²) in [5.74, 6) is 0.0796. The van der Waals surface area contributed by atoms with E-state index in [0.29, 0.717) is 31.5 Å². The van der Waals surface area contributed by atoms with Crippen LogP contribution >= 0.6 is 0 Å². The zero-order valence-electron chi connectivity index (χ0n) is 17.0. The van der Waals surface area contributed by atoms with Crippen molar-refractivity contribution in [1.29, 1.82) is 0 Å². The minimum Gasteiger partial charge on any atom is -0.310 e. The SMILES string of the molecule is Cc1ccc(C23c4ccccc4C(=O)N2CCN3C(=O)CCc2ccccc2)cc1. The number of rotatable bonds is 4. The molecular formula is C26H24N2O2. The van der Waals surface area contributed by atoms with Crippen LogP contribution in [0.2, 0.25) is 0 Å². The van der Waals surface area contributed by atoms with Gasteiger partial charge in [-0.05, 0) is 25.0 Å². The van der Waals surface area contributed by atoms with Gasteiger partial charge in [-0.3, -0.25) is 9.59 Å². The van der Waals surface area contributed by atoms with E-state index in [0.717, 1.165) is 22.3 Å². The van der Waals surface area contributed by atoms with Crippen LogP contribution in [0.1, 0.15) is 39.0 Å². The van der Waals surface area contributed by atoms with Crippen molar-refractivity contribution in [2.45, 2.75) is 25.4 Å². The van der Waals surface area contributed by atoms with E-state index in [9.17, 15) is 9.59 Å². The second kappa shape index (κ2) is 7.13. The van der Waals surface area contributed by atoms with Crippen LogP contribution in [0.15, 0.2) is 78.9 Å². The summed E-state index contributed by atoms with van der Waals surface area (Å²) in [7, 11) is 0. The van der Waals surface area contributed by atoms with Gasteiger partial charge in [0.1, 0.15) is 0 Å². The molecule has 0 aliphatic carbocycles. The molecule has 5 rings (SSSR count). The monoisotopic (exact) mass is 396 g/mol. The van der Waals surface area contributed by atoms with Crippen molar-refractivity contribution in [3.05, 3.63) is 107 Å². The Kier molecular flexibility index (Phi) is 4.43. The molecule has 30 heavy (non-hydrogen) atoms. The molecule has 0 saturated carbocycles. The third kappa shape index (κ3) is 2.67. The molecule has 4 nitrogen and oxygen atoms in total. The Morgan fingerprint density at radius 1 is 0.900 bits per heavy atom. The molecular weight excluding hydrogens is 372 g/mol. The predicted molar refractivity (Wildman–Crippen MR) is 116 cm³/mol. The summed E-state index contributed by atoms with van der Waals surface area (Å²) in [5, 5.41) is 0. The number of hydrogen-bond donors (Lipinski definition) is 0. The topological polar surface area (TPSA) is 40.6 Å². The highest BCUT2D eigenvalue weighted by molar-refractivity contribution is 6.02. The molecule has 3 aromatic rings. The third-order valence-electron chi connectivity index (χ3n) is 6.33. The number of fused-ring (bicyclic) bond motifs is 3. The van der Waals surface area contributed by atoms with Gasteiger partial charge in [0.2, 0.25) is 5.91 Å². The van der Waals surface area contributed by atoms with Crippen molar-refractivity contribution >= 4 is 11.8 Å². The van der Waals surface area contributed by atoms with Gasteiger partial charge in [-0.25, -0.2) is 0 Å². The molecule has 1 unspecified atom stereocenters. The second-order valence-corrected chi connectivity index (χ2v) is 8.07. The molecule has 2 heterocycles. The van der Waals surface area contributed by atoms with Crippen LogP contribution in [0.5, 0.6) is 0 Å². The molecule has 1 fully saturated rings. The Morgan fingerprint density at radius 2 is 1.60 bits per heavy atom. The van der Waals surface area contributed by atoms with E-state index in [-0.39, 0.29) is 11.8 Å². The smallest absolute Gasteiger partial charge is 0.256 e. The zero-order valence-corrected chi connectivity index (χ0v) is 17.0. The summed E-state index contributed by atoms with van der Waals surface area (Å²) in [6.07, 6.45) is 1.11. The number of nitrogens with zero attached hydrogens (tertiary/aromatic N) is 2. The maximum absolute atomic E-state index is 13.5. The summed E-state index contributed by atoms with van der Waals surface area (Å²) in [5.41, 5.74) is 4.02. The molecule has 0 spiro atoms. The number of carbonyl (C=O) groups excluding carboxylic acids is 2. The molecule has 0 aromatic heterocycles. The fourth-order valence-corrected chi connectivity index (χ4v) is 4.92. The number of carbonyl (C=O) groups is 2. The number of aryl methyl sites for hydroxylation is 2. The number of benzene rings is 3. The molecule has 1 atom stereocenters. The third-order valence-corrected chi connectivity index (χ3v) is 6.33. The molecule has 0 bridgehead atoms. The molecule has 0 radical (unpaired) electrons. The quantitative estimate of drug-likeness (QED) is 0.665. The van der Waals surface area contributed by atoms with Crippen molar-refractivity contribution < 1.29 is 9.59 Å². The number of hydrogen-bond acceptors (Lipinski definition) is 2. The summed E-state index contributed by atoms with van der Waals surface area (Å²) >= 11 is 0. The Bertz CT molecular complexity index is 1110. The highest BCUT2D eigenvalue weighted by atomic mass is 16.2. The highest BCUT2D eigenvalue weighted by Gasteiger charge is 2.59. The van der Waals surface area contributed by atoms with Crippen LogP contribution in [0, 0.1) is 6.92 Å². The molecule has 1 saturated heterocycles. The average molecular weight is 396 g/mol. The van der Waals surface area contributed by atoms with Gasteiger partial charge in [0.05, 0.1) is 0 Å². The second-order valence-electron chi connectivity index (χ2n) is 8.07. The lowest BCUT2D eigenvalue weighted by Gasteiger charge is -2.40. The van der Waals surface area contributed by atoms with Crippen LogP contribution < -0.4 is 0 Å². The Labute approximate surface area is 176 Å². The van der Waals surface area contributed by atoms with Gasteiger partial charge in [0.15, 0.2) is 5.66 Å². The molecule has 0 N–H and O–H groups in total. The summed E-state index contributed by atoms with van der Waals surface area (Å²) < 4.78 is 0. The van der Waals surface area contributed by atoms with E-state index in [4.69, 9.17) is 0 Å². The van der Waals surface area contributed by atoms with E-state index >= 15 is 0 Å². The summed E-state index contributed by atoms with van der Waals surface area (Å²) in [6, 6.07) is 26.0. The standard InChI is InChI=1S/C26H24N2O2/c1-19-11-14-21(15-12-19)26-23-10-6-5-9-22(23)25(30)28(26)18-17-27(26)24(29)16-13-20-7-3-2-4-8-20/h2-12,14-15H,13,16-18H2,1H3. The zero-order chi connectivity index (χ0) is 20.7. The Balaban J connectivity index is 1.58. The lowest BCUT2D eigenvalue weighted by Crippen LogP contribution is -2.51. The Hall–Kier alpha value is -3.40. The van der Waals surface area contributed by atoms with E-state index < -0.39 is 5.66 Å². The van der Waals surface area contributed by atoms with Crippen molar-refractivity contribution in [3.63, 3.8) is 0 Å². The van der Waals surface area contributed by atoms with Gasteiger partial charge in [-0.2, -0.15) is 0 Å². The molecule has 4 heteroatoms. The first kappa shape index (κ1) is 18.6. The summed E-state index contributed by atoms with van der Waals surface area (Å²) in [6.45, 7) is 3.13. The fraction of sp³-hybridized carbons (Fsp3) is 0.231. The van der Waals surface area contributed by atoms with E-state index in [2.05, 4.69) is 24.3 Å².